The average Bonchev–Trinajstić information content (AvgIpc) is 1.82. The molecule has 0 heterocycles. The van der Waals surface area contributed by atoms with Crippen LogP contribution >= 0.6 is 0 Å². The molecule has 0 aliphatic heterocycles. The van der Waals surface area contributed by atoms with E-state index in [4.69, 9.17) is 5.73 Å². The molecule has 0 aromatic rings. The maximum Gasteiger partial charge on any atom is 0.0246 e. The Morgan fingerprint density at radius 3 is 1.85 bits per heavy atom. The van der Waals surface area contributed by atoms with Crippen LogP contribution in [0.3, 0.4) is 0 Å². The van der Waals surface area contributed by atoms with Gasteiger partial charge in [-0.05, 0) is 26.2 Å². The van der Waals surface area contributed by atoms with Crippen LogP contribution in [0.15, 0.2) is 0 Å². The van der Waals surface area contributed by atoms with Crippen LogP contribution in [0.4, 0.5) is 0 Å². The summed E-state index contributed by atoms with van der Waals surface area (Å²) >= 11 is 0. The zero-order chi connectivity index (χ0) is 10.7. The minimum Gasteiger partial charge on any atom is -0.326 e. The van der Waals surface area contributed by atoms with Crippen LogP contribution in [0.1, 0.15) is 48.0 Å². The molecule has 0 radical (unpaired) electrons. The van der Waals surface area contributed by atoms with Crippen LogP contribution in [-0.2, 0) is 0 Å². The lowest BCUT2D eigenvalue weighted by molar-refractivity contribution is 0.324. The average molecular weight is 181 g/mol. The van der Waals surface area contributed by atoms with E-state index in [1.165, 1.54) is 0 Å². The molecular weight excluding hydrogens is 158 g/mol. The maximum absolute atomic E-state index is 5.98. The number of rotatable bonds is 1. The van der Waals surface area contributed by atoms with Gasteiger partial charge < -0.3 is 5.73 Å². The molecule has 1 unspecified atom stereocenters. The fraction of sp³-hybridized carbons (Fsp3) is 0.833. The predicted octanol–water partition coefficient (Wildman–Crippen LogP) is 2.80. The van der Waals surface area contributed by atoms with E-state index < -0.39 is 0 Å². The fourth-order valence-corrected chi connectivity index (χ4v) is 0.732. The summed E-state index contributed by atoms with van der Waals surface area (Å²) in [4.78, 5) is 0. The first-order chi connectivity index (χ1) is 5.63. The van der Waals surface area contributed by atoms with Gasteiger partial charge in [0, 0.05) is 17.9 Å². The normalized spacial score (nSPS) is 14.7. The summed E-state index contributed by atoms with van der Waals surface area (Å²) in [5, 5.41) is 0. The smallest absolute Gasteiger partial charge is 0.0246 e. The molecule has 0 saturated heterocycles. The zero-order valence-corrected chi connectivity index (χ0v) is 9.86. The van der Waals surface area contributed by atoms with Crippen molar-refractivity contribution < 1.29 is 0 Å². The summed E-state index contributed by atoms with van der Waals surface area (Å²) in [6.07, 6.45) is 0.792. The molecule has 0 spiro atoms. The van der Waals surface area contributed by atoms with Gasteiger partial charge in [0.1, 0.15) is 0 Å². The van der Waals surface area contributed by atoms with Crippen molar-refractivity contribution >= 4 is 0 Å². The number of nitrogens with two attached hydrogens (primary N) is 1. The first kappa shape index (κ1) is 12.5. The summed E-state index contributed by atoms with van der Waals surface area (Å²) < 4.78 is 0. The van der Waals surface area contributed by atoms with Crippen molar-refractivity contribution in [2.75, 3.05) is 0 Å². The van der Waals surface area contributed by atoms with Crippen molar-refractivity contribution in [1.29, 1.82) is 0 Å². The minimum absolute atomic E-state index is 0.0948. The molecule has 0 saturated carbocycles. The SMILES string of the molecule is CC(C)(C)C#CCC(N)C(C)(C)C. The zero-order valence-electron chi connectivity index (χ0n) is 9.86. The molecule has 0 bridgehead atoms. The lowest BCUT2D eigenvalue weighted by Crippen LogP contribution is -2.34. The van der Waals surface area contributed by atoms with Crippen molar-refractivity contribution in [3.05, 3.63) is 0 Å². The molecule has 13 heavy (non-hydrogen) atoms. The quantitative estimate of drug-likeness (QED) is 0.618. The number of hydrogen-bond donors (Lipinski definition) is 1. The summed E-state index contributed by atoms with van der Waals surface area (Å²) in [6, 6.07) is 0.169. The third-order valence-electron chi connectivity index (χ3n) is 1.90. The van der Waals surface area contributed by atoms with Crippen molar-refractivity contribution in [3.63, 3.8) is 0 Å². The van der Waals surface area contributed by atoms with Gasteiger partial charge in [-0.3, -0.25) is 0 Å². The molecule has 1 heteroatoms. The molecule has 0 aromatic carbocycles. The van der Waals surface area contributed by atoms with Gasteiger partial charge in [-0.1, -0.05) is 26.7 Å². The summed E-state index contributed by atoms with van der Waals surface area (Å²) in [7, 11) is 0. The van der Waals surface area contributed by atoms with Crippen LogP contribution < -0.4 is 5.73 Å². The van der Waals surface area contributed by atoms with Gasteiger partial charge in [0.25, 0.3) is 0 Å². The molecule has 0 aromatic heterocycles. The van der Waals surface area contributed by atoms with Gasteiger partial charge >= 0.3 is 0 Å². The Labute approximate surface area is 83.1 Å². The van der Waals surface area contributed by atoms with E-state index in [0.29, 0.717) is 0 Å². The third kappa shape index (κ3) is 6.66. The summed E-state index contributed by atoms with van der Waals surface area (Å²) in [5.41, 5.74) is 6.23. The number of hydrogen-bond acceptors (Lipinski definition) is 1. The highest BCUT2D eigenvalue weighted by molar-refractivity contribution is 5.09. The Balaban J connectivity index is 4.09. The monoisotopic (exact) mass is 181 g/mol. The van der Waals surface area contributed by atoms with Gasteiger partial charge in [0.15, 0.2) is 0 Å². The highest BCUT2D eigenvalue weighted by Gasteiger charge is 2.19. The van der Waals surface area contributed by atoms with E-state index in [-0.39, 0.29) is 16.9 Å². The standard InChI is InChI=1S/C12H23N/c1-11(2,3)9-7-8-10(13)12(4,5)6/h10H,8,13H2,1-6H3. The molecule has 2 N–H and O–H groups in total. The van der Waals surface area contributed by atoms with E-state index in [2.05, 4.69) is 53.4 Å². The molecular formula is C12H23N. The second-order valence-electron chi connectivity index (χ2n) is 5.73. The molecule has 1 nitrogen and oxygen atoms in total. The van der Waals surface area contributed by atoms with Crippen LogP contribution in [0.5, 0.6) is 0 Å². The van der Waals surface area contributed by atoms with E-state index in [1.54, 1.807) is 0 Å². The predicted molar refractivity (Wildman–Crippen MR) is 59.3 cm³/mol. The highest BCUT2D eigenvalue weighted by atomic mass is 14.7. The van der Waals surface area contributed by atoms with Crippen LogP contribution in [-0.4, -0.2) is 6.04 Å². The van der Waals surface area contributed by atoms with Crippen molar-refractivity contribution in [2.45, 2.75) is 54.0 Å². The first-order valence-electron chi connectivity index (χ1n) is 4.88. The third-order valence-corrected chi connectivity index (χ3v) is 1.90. The molecule has 0 rings (SSSR count). The van der Waals surface area contributed by atoms with Gasteiger partial charge in [0.05, 0.1) is 0 Å². The summed E-state index contributed by atoms with van der Waals surface area (Å²) in [5.74, 6) is 6.35. The molecule has 0 aliphatic rings. The molecule has 76 valence electrons. The molecule has 0 fully saturated rings. The lowest BCUT2D eigenvalue weighted by Gasteiger charge is -2.25. The van der Waals surface area contributed by atoms with E-state index in [0.717, 1.165) is 6.42 Å². The Morgan fingerprint density at radius 1 is 1.08 bits per heavy atom. The topological polar surface area (TPSA) is 26.0 Å². The van der Waals surface area contributed by atoms with Gasteiger partial charge in [0.2, 0.25) is 0 Å². The molecule has 1 atom stereocenters. The molecule has 0 amide bonds. The lowest BCUT2D eigenvalue weighted by atomic mass is 9.85. The fourth-order valence-electron chi connectivity index (χ4n) is 0.732. The van der Waals surface area contributed by atoms with Gasteiger partial charge in [-0.15, -0.1) is 5.92 Å². The van der Waals surface area contributed by atoms with Crippen LogP contribution in [0.2, 0.25) is 0 Å². The largest absolute Gasteiger partial charge is 0.326 e. The Morgan fingerprint density at radius 2 is 1.54 bits per heavy atom. The second-order valence-corrected chi connectivity index (χ2v) is 5.73. The van der Waals surface area contributed by atoms with E-state index >= 15 is 0 Å². The van der Waals surface area contributed by atoms with Crippen molar-refractivity contribution in [2.24, 2.45) is 16.6 Å². The minimum atomic E-state index is 0.0948. The van der Waals surface area contributed by atoms with E-state index in [1.807, 2.05) is 0 Å². The van der Waals surface area contributed by atoms with E-state index in [9.17, 15) is 0 Å². The second kappa shape index (κ2) is 4.15. The first-order valence-corrected chi connectivity index (χ1v) is 4.88. The van der Waals surface area contributed by atoms with Gasteiger partial charge in [-0.2, -0.15) is 0 Å². The maximum atomic E-state index is 5.98. The van der Waals surface area contributed by atoms with Crippen molar-refractivity contribution in [3.8, 4) is 11.8 Å². The van der Waals surface area contributed by atoms with Crippen molar-refractivity contribution in [1.82, 2.24) is 0 Å². The summed E-state index contributed by atoms with van der Waals surface area (Å²) in [6.45, 7) is 12.8. The highest BCUT2D eigenvalue weighted by Crippen LogP contribution is 2.19. The Bertz CT molecular complexity index is 204. The van der Waals surface area contributed by atoms with Crippen LogP contribution in [0, 0.1) is 22.7 Å². The Hall–Kier alpha value is -0.480. The molecule has 0 aliphatic carbocycles. The van der Waals surface area contributed by atoms with Crippen LogP contribution in [0.25, 0.3) is 0 Å². The Kier molecular flexibility index (Phi) is 4.00. The van der Waals surface area contributed by atoms with Gasteiger partial charge in [-0.25, -0.2) is 0 Å².